The van der Waals surface area contributed by atoms with Gasteiger partial charge in [0, 0.05) is 22.9 Å². The van der Waals surface area contributed by atoms with E-state index in [1.54, 1.807) is 6.07 Å². The van der Waals surface area contributed by atoms with E-state index in [9.17, 15) is 4.79 Å². The summed E-state index contributed by atoms with van der Waals surface area (Å²) in [4.78, 5) is 12.2. The first-order valence-corrected chi connectivity index (χ1v) is 10.7. The second-order valence-electron chi connectivity index (χ2n) is 7.83. The molecule has 1 amide bonds. The lowest BCUT2D eigenvalue weighted by atomic mass is 10.0. The summed E-state index contributed by atoms with van der Waals surface area (Å²) in [5.74, 6) is 1.16. The maximum atomic E-state index is 12.2. The van der Waals surface area contributed by atoms with Crippen LogP contribution >= 0.6 is 0 Å². The van der Waals surface area contributed by atoms with E-state index in [0.717, 1.165) is 45.3 Å². The number of aromatic nitrogens is 1. The predicted octanol–water partition coefficient (Wildman–Crippen LogP) is 6.10. The number of hydrogen-bond acceptors (Lipinski definition) is 2. The van der Waals surface area contributed by atoms with Gasteiger partial charge < -0.3 is 15.0 Å². The highest BCUT2D eigenvalue weighted by molar-refractivity contribution is 6.17. The summed E-state index contributed by atoms with van der Waals surface area (Å²) in [6, 6.07) is 31.1. The van der Waals surface area contributed by atoms with Crippen molar-refractivity contribution in [1.82, 2.24) is 4.57 Å². The van der Waals surface area contributed by atoms with Gasteiger partial charge in [-0.3, -0.25) is 4.79 Å². The Balaban J connectivity index is 1.63. The van der Waals surface area contributed by atoms with Gasteiger partial charge in [-0.1, -0.05) is 49.4 Å². The minimum Gasteiger partial charge on any atom is -0.457 e. The summed E-state index contributed by atoms with van der Waals surface area (Å²) in [6.45, 7) is 2.76. The number of carbonyl (C=O) groups is 1. The Morgan fingerprint density at radius 1 is 0.906 bits per heavy atom. The summed E-state index contributed by atoms with van der Waals surface area (Å²) in [5, 5.41) is 1.78. The molecule has 32 heavy (non-hydrogen) atoms. The molecule has 5 aromatic rings. The molecule has 2 N–H and O–H groups in total. The van der Waals surface area contributed by atoms with Gasteiger partial charge in [0.15, 0.2) is 0 Å². The van der Waals surface area contributed by atoms with Crippen molar-refractivity contribution in [2.45, 2.75) is 19.9 Å². The third-order valence-electron chi connectivity index (χ3n) is 5.75. The molecule has 1 heterocycles. The number of fused-ring (bicyclic) bond motifs is 3. The number of hydrogen-bond donors (Lipinski definition) is 1. The first kappa shape index (κ1) is 19.9. The second kappa shape index (κ2) is 8.23. The van der Waals surface area contributed by atoms with Crippen molar-refractivity contribution in [3.63, 3.8) is 0 Å². The van der Waals surface area contributed by atoms with Gasteiger partial charge in [0.1, 0.15) is 11.5 Å². The monoisotopic (exact) mass is 419 g/mol. The first-order chi connectivity index (χ1) is 15.6. The Labute approximate surface area is 186 Å². The van der Waals surface area contributed by atoms with Crippen LogP contribution < -0.4 is 10.5 Å². The third kappa shape index (κ3) is 3.60. The van der Waals surface area contributed by atoms with Gasteiger partial charge in [0.05, 0.1) is 11.0 Å². The number of aryl methyl sites for hydroxylation is 1. The molecule has 0 spiro atoms. The average Bonchev–Trinajstić information content (AvgIpc) is 3.13. The molecule has 0 aliphatic heterocycles. The molecule has 0 saturated heterocycles. The molecule has 157 valence electrons. The van der Waals surface area contributed by atoms with E-state index >= 15 is 0 Å². The second-order valence-corrected chi connectivity index (χ2v) is 7.83. The summed E-state index contributed by atoms with van der Waals surface area (Å²) in [6.07, 6.45) is 0.914. The number of rotatable bonds is 6. The number of amides is 1. The number of para-hydroxylation sites is 1. The van der Waals surface area contributed by atoms with Crippen molar-refractivity contribution in [3.05, 3.63) is 108 Å². The molecule has 4 heteroatoms. The highest BCUT2D eigenvalue weighted by Crippen LogP contribution is 2.33. The van der Waals surface area contributed by atoms with E-state index in [2.05, 4.69) is 35.8 Å². The number of nitrogens with zero attached hydrogens (tertiary/aromatic N) is 1. The Morgan fingerprint density at radius 3 is 2.47 bits per heavy atom. The molecule has 5 rings (SSSR count). The zero-order chi connectivity index (χ0) is 22.1. The minimum atomic E-state index is -0.430. The third-order valence-corrected chi connectivity index (χ3v) is 5.75. The van der Waals surface area contributed by atoms with Gasteiger partial charge in [-0.05, 0) is 66.1 Å². The molecule has 1 aromatic heterocycles. The molecule has 0 saturated carbocycles. The van der Waals surface area contributed by atoms with Gasteiger partial charge in [0.25, 0.3) is 0 Å². The van der Waals surface area contributed by atoms with E-state index < -0.39 is 5.91 Å². The van der Waals surface area contributed by atoms with Crippen molar-refractivity contribution in [3.8, 4) is 11.5 Å². The first-order valence-electron chi connectivity index (χ1n) is 10.7. The van der Waals surface area contributed by atoms with Crippen LogP contribution in [0.1, 0.15) is 28.4 Å². The smallest absolute Gasteiger partial charge is 0.249 e. The maximum absolute atomic E-state index is 12.2. The molecule has 4 aromatic carbocycles. The van der Waals surface area contributed by atoms with E-state index in [1.165, 1.54) is 5.56 Å². The van der Waals surface area contributed by atoms with Crippen LogP contribution in [0.3, 0.4) is 0 Å². The Morgan fingerprint density at radius 2 is 1.69 bits per heavy atom. The summed E-state index contributed by atoms with van der Waals surface area (Å²) in [5.41, 5.74) is 10.5. The number of ether oxygens (including phenoxy) is 1. The highest BCUT2D eigenvalue weighted by atomic mass is 16.5. The van der Waals surface area contributed by atoms with E-state index in [4.69, 9.17) is 10.5 Å². The van der Waals surface area contributed by atoms with Crippen molar-refractivity contribution in [2.24, 2.45) is 5.73 Å². The van der Waals surface area contributed by atoms with Crippen molar-refractivity contribution in [2.75, 3.05) is 0 Å². The topological polar surface area (TPSA) is 57.2 Å². The van der Waals surface area contributed by atoms with E-state index in [0.29, 0.717) is 12.1 Å². The Hall–Kier alpha value is -4.05. The van der Waals surface area contributed by atoms with E-state index in [1.807, 2.05) is 60.7 Å². The normalized spacial score (nSPS) is 11.2. The van der Waals surface area contributed by atoms with Crippen LogP contribution in [0.15, 0.2) is 84.9 Å². The fraction of sp³-hybridized carbons (Fsp3) is 0.107. The van der Waals surface area contributed by atoms with Crippen LogP contribution in [0.2, 0.25) is 0 Å². The lowest BCUT2D eigenvalue weighted by Gasteiger charge is -2.11. The van der Waals surface area contributed by atoms with Gasteiger partial charge >= 0.3 is 0 Å². The zero-order valence-electron chi connectivity index (χ0n) is 17.8. The largest absolute Gasteiger partial charge is 0.457 e. The molecule has 0 unspecified atom stereocenters. The lowest BCUT2D eigenvalue weighted by molar-refractivity contribution is 0.100. The summed E-state index contributed by atoms with van der Waals surface area (Å²) >= 11 is 0. The highest BCUT2D eigenvalue weighted by Gasteiger charge is 2.17. The predicted molar refractivity (Wildman–Crippen MR) is 128 cm³/mol. The SMILES string of the molecule is CCc1c[c]c2c3c(C(N)=O)cccc3n(Cc3cccc(Oc4ccccc4)c3)c2c1. The Bertz CT molecular complexity index is 1430. The minimum absolute atomic E-state index is 0.430. The number of nitrogens with two attached hydrogens (primary N) is 1. The van der Waals surface area contributed by atoms with Crippen molar-refractivity contribution < 1.29 is 9.53 Å². The number of primary amides is 1. The van der Waals surface area contributed by atoms with Crippen molar-refractivity contribution >= 4 is 27.7 Å². The van der Waals surface area contributed by atoms with Gasteiger partial charge in [-0.25, -0.2) is 0 Å². The number of carbonyl (C=O) groups excluding carboxylic acids is 1. The van der Waals surface area contributed by atoms with Gasteiger partial charge in [0.2, 0.25) is 5.91 Å². The van der Waals surface area contributed by atoms with Gasteiger partial charge in [-0.2, -0.15) is 0 Å². The summed E-state index contributed by atoms with van der Waals surface area (Å²) < 4.78 is 8.25. The maximum Gasteiger partial charge on any atom is 0.249 e. The van der Waals surface area contributed by atoms with Crippen LogP contribution in [-0.2, 0) is 13.0 Å². The van der Waals surface area contributed by atoms with Crippen LogP contribution in [-0.4, -0.2) is 10.5 Å². The summed E-state index contributed by atoms with van der Waals surface area (Å²) in [7, 11) is 0. The molecular formula is C28H23N2O2. The zero-order valence-corrected chi connectivity index (χ0v) is 17.8. The Kier molecular flexibility index (Phi) is 5.12. The molecule has 0 aliphatic carbocycles. The fourth-order valence-electron chi connectivity index (χ4n) is 4.19. The molecule has 0 bridgehead atoms. The van der Waals surface area contributed by atoms with Crippen LogP contribution in [0, 0.1) is 6.07 Å². The number of benzene rings is 4. The fourth-order valence-corrected chi connectivity index (χ4v) is 4.19. The molecule has 0 atom stereocenters. The van der Waals surface area contributed by atoms with Crippen LogP contribution in [0.4, 0.5) is 0 Å². The standard InChI is InChI=1S/C28H23N2O2/c1-2-19-14-15-23-26(17-19)30(25-13-7-12-24(27(23)25)28(29)31)18-20-8-6-11-22(16-20)32-21-9-4-3-5-10-21/h3-14,16-17H,2,18H2,1H3,(H2,29,31). The van der Waals surface area contributed by atoms with E-state index in [-0.39, 0.29) is 0 Å². The van der Waals surface area contributed by atoms with Crippen LogP contribution in [0.5, 0.6) is 11.5 Å². The molecule has 0 fully saturated rings. The molecule has 0 aliphatic rings. The van der Waals surface area contributed by atoms with Crippen LogP contribution in [0.25, 0.3) is 21.8 Å². The molecular weight excluding hydrogens is 396 g/mol. The molecule has 1 radical (unpaired) electrons. The van der Waals surface area contributed by atoms with Crippen molar-refractivity contribution in [1.29, 1.82) is 0 Å². The quantitative estimate of drug-likeness (QED) is 0.362. The van der Waals surface area contributed by atoms with Gasteiger partial charge in [-0.15, -0.1) is 0 Å². The average molecular weight is 420 g/mol. The molecule has 4 nitrogen and oxygen atoms in total. The lowest BCUT2D eigenvalue weighted by Crippen LogP contribution is -2.11.